The number of nitrogens with one attached hydrogen (secondary N) is 1. The van der Waals surface area contributed by atoms with Crippen LogP contribution in [0.1, 0.15) is 13.8 Å². The summed E-state index contributed by atoms with van der Waals surface area (Å²) in [6.45, 7) is 7.04. The lowest BCUT2D eigenvalue weighted by molar-refractivity contribution is 0.125. The van der Waals surface area contributed by atoms with E-state index in [1.165, 1.54) is 6.07 Å². The van der Waals surface area contributed by atoms with Crippen LogP contribution in [-0.4, -0.2) is 48.1 Å². The van der Waals surface area contributed by atoms with Crippen molar-refractivity contribution in [3.63, 3.8) is 0 Å². The number of piperazine rings is 1. The number of hydrogen-bond acceptors (Lipinski definition) is 2. The molecule has 1 saturated heterocycles. The maximum atomic E-state index is 13.5. The molecule has 20 heavy (non-hydrogen) atoms. The number of benzene rings is 1. The third-order valence-electron chi connectivity index (χ3n) is 3.50. The Kier molecular flexibility index (Phi) is 4.54. The Morgan fingerprint density at radius 3 is 2.40 bits per heavy atom. The standard InChI is InChI=1S/C14H19F2N3O/c1-10(2)18-5-7-19(8-6-18)14(20)17-13-4-3-11(15)9-12(13)16/h3-4,9-10H,5-8H2,1-2H3,(H,17,20). The minimum absolute atomic E-state index is 0.00249. The number of hydrogen-bond donors (Lipinski definition) is 1. The first-order valence-electron chi connectivity index (χ1n) is 6.72. The Hall–Kier alpha value is -1.69. The van der Waals surface area contributed by atoms with Crippen LogP contribution in [0.25, 0.3) is 0 Å². The monoisotopic (exact) mass is 283 g/mol. The van der Waals surface area contributed by atoms with Gasteiger partial charge in [0.1, 0.15) is 11.6 Å². The minimum atomic E-state index is -0.765. The fraction of sp³-hybridized carbons (Fsp3) is 0.500. The molecule has 1 aliphatic heterocycles. The molecule has 1 aromatic carbocycles. The van der Waals surface area contributed by atoms with Gasteiger partial charge in [-0.3, -0.25) is 4.90 Å². The van der Waals surface area contributed by atoms with E-state index in [9.17, 15) is 13.6 Å². The van der Waals surface area contributed by atoms with Crippen molar-refractivity contribution < 1.29 is 13.6 Å². The molecule has 1 heterocycles. The predicted octanol–water partition coefficient (Wildman–Crippen LogP) is 2.52. The van der Waals surface area contributed by atoms with Gasteiger partial charge >= 0.3 is 6.03 Å². The van der Waals surface area contributed by atoms with Gasteiger partial charge in [0.25, 0.3) is 0 Å². The first kappa shape index (κ1) is 14.7. The van der Waals surface area contributed by atoms with Crippen LogP contribution in [0, 0.1) is 11.6 Å². The molecular formula is C14H19F2N3O. The first-order chi connectivity index (χ1) is 9.47. The fourth-order valence-electron chi connectivity index (χ4n) is 2.23. The summed E-state index contributed by atoms with van der Waals surface area (Å²) in [4.78, 5) is 15.9. The van der Waals surface area contributed by atoms with Crippen LogP contribution >= 0.6 is 0 Å². The molecule has 2 rings (SSSR count). The summed E-state index contributed by atoms with van der Waals surface area (Å²) in [6, 6.07) is 3.21. The van der Waals surface area contributed by atoms with E-state index in [0.29, 0.717) is 19.1 Å². The van der Waals surface area contributed by atoms with E-state index in [4.69, 9.17) is 0 Å². The molecule has 1 N–H and O–H groups in total. The zero-order valence-electron chi connectivity index (χ0n) is 11.7. The minimum Gasteiger partial charge on any atom is -0.322 e. The number of urea groups is 1. The SMILES string of the molecule is CC(C)N1CCN(C(=O)Nc2ccc(F)cc2F)CC1. The van der Waals surface area contributed by atoms with Gasteiger partial charge < -0.3 is 10.2 Å². The van der Waals surface area contributed by atoms with Crippen LogP contribution in [0.2, 0.25) is 0 Å². The number of carbonyl (C=O) groups is 1. The average Bonchev–Trinajstić information content (AvgIpc) is 2.42. The van der Waals surface area contributed by atoms with Crippen molar-refractivity contribution >= 4 is 11.7 Å². The number of nitrogens with zero attached hydrogens (tertiary/aromatic N) is 2. The van der Waals surface area contributed by atoms with Crippen LogP contribution in [0.5, 0.6) is 0 Å². The second-order valence-electron chi connectivity index (χ2n) is 5.17. The average molecular weight is 283 g/mol. The summed E-state index contributed by atoms with van der Waals surface area (Å²) in [7, 11) is 0. The fourth-order valence-corrected chi connectivity index (χ4v) is 2.23. The van der Waals surface area contributed by atoms with Gasteiger partial charge in [-0.05, 0) is 26.0 Å². The second kappa shape index (κ2) is 6.17. The number of halogens is 2. The highest BCUT2D eigenvalue weighted by molar-refractivity contribution is 5.89. The molecule has 0 aromatic heterocycles. The number of carbonyl (C=O) groups excluding carboxylic acids is 1. The summed E-state index contributed by atoms with van der Waals surface area (Å²) in [5, 5.41) is 2.48. The summed E-state index contributed by atoms with van der Waals surface area (Å²) < 4.78 is 26.3. The largest absolute Gasteiger partial charge is 0.322 e. The summed E-state index contributed by atoms with van der Waals surface area (Å²) in [5.74, 6) is -1.43. The Morgan fingerprint density at radius 1 is 1.20 bits per heavy atom. The molecule has 0 aliphatic carbocycles. The molecule has 0 bridgehead atoms. The lowest BCUT2D eigenvalue weighted by Gasteiger charge is -2.36. The van der Waals surface area contributed by atoms with Gasteiger partial charge in [-0.25, -0.2) is 13.6 Å². The molecular weight excluding hydrogens is 264 g/mol. The zero-order valence-corrected chi connectivity index (χ0v) is 11.7. The van der Waals surface area contributed by atoms with E-state index >= 15 is 0 Å². The highest BCUT2D eigenvalue weighted by atomic mass is 19.1. The van der Waals surface area contributed by atoms with Crippen LogP contribution in [0.15, 0.2) is 18.2 Å². The second-order valence-corrected chi connectivity index (χ2v) is 5.17. The molecule has 0 saturated carbocycles. The van der Waals surface area contributed by atoms with Crippen molar-refractivity contribution in [1.82, 2.24) is 9.80 Å². The van der Waals surface area contributed by atoms with Crippen molar-refractivity contribution in [3.8, 4) is 0 Å². The van der Waals surface area contributed by atoms with Gasteiger partial charge in [0.05, 0.1) is 5.69 Å². The van der Waals surface area contributed by atoms with E-state index in [1.54, 1.807) is 4.90 Å². The highest BCUT2D eigenvalue weighted by Crippen LogP contribution is 2.16. The van der Waals surface area contributed by atoms with Crippen molar-refractivity contribution in [1.29, 1.82) is 0 Å². The lowest BCUT2D eigenvalue weighted by Crippen LogP contribution is -2.51. The van der Waals surface area contributed by atoms with Gasteiger partial charge in [0, 0.05) is 38.3 Å². The molecule has 1 fully saturated rings. The summed E-state index contributed by atoms with van der Waals surface area (Å²) in [6.07, 6.45) is 0. The van der Waals surface area contributed by atoms with E-state index < -0.39 is 11.6 Å². The molecule has 6 heteroatoms. The summed E-state index contributed by atoms with van der Waals surface area (Å²) in [5.41, 5.74) is 0.00249. The normalized spacial score (nSPS) is 16.6. The molecule has 1 aromatic rings. The predicted molar refractivity (Wildman–Crippen MR) is 73.7 cm³/mol. The molecule has 4 nitrogen and oxygen atoms in total. The Labute approximate surface area is 117 Å². The Bertz CT molecular complexity index is 485. The van der Waals surface area contributed by atoms with Gasteiger partial charge in [-0.2, -0.15) is 0 Å². The van der Waals surface area contributed by atoms with Crippen molar-refractivity contribution in [2.24, 2.45) is 0 Å². The van der Waals surface area contributed by atoms with E-state index in [0.717, 1.165) is 25.2 Å². The van der Waals surface area contributed by atoms with E-state index in [-0.39, 0.29) is 11.7 Å². The quantitative estimate of drug-likeness (QED) is 0.905. The number of anilines is 1. The number of amides is 2. The highest BCUT2D eigenvalue weighted by Gasteiger charge is 2.22. The van der Waals surface area contributed by atoms with Crippen molar-refractivity contribution in [2.45, 2.75) is 19.9 Å². The molecule has 110 valence electrons. The Morgan fingerprint density at radius 2 is 1.85 bits per heavy atom. The molecule has 0 unspecified atom stereocenters. The van der Waals surface area contributed by atoms with Crippen LogP contribution in [-0.2, 0) is 0 Å². The van der Waals surface area contributed by atoms with Crippen LogP contribution in [0.3, 0.4) is 0 Å². The topological polar surface area (TPSA) is 35.6 Å². The first-order valence-corrected chi connectivity index (χ1v) is 6.72. The van der Waals surface area contributed by atoms with Gasteiger partial charge in [-0.15, -0.1) is 0 Å². The molecule has 0 radical (unpaired) electrons. The third-order valence-corrected chi connectivity index (χ3v) is 3.50. The van der Waals surface area contributed by atoms with E-state index in [1.807, 2.05) is 0 Å². The summed E-state index contributed by atoms with van der Waals surface area (Å²) >= 11 is 0. The number of rotatable bonds is 2. The Balaban J connectivity index is 1.93. The smallest absolute Gasteiger partial charge is 0.322 e. The van der Waals surface area contributed by atoms with Gasteiger partial charge in [-0.1, -0.05) is 0 Å². The van der Waals surface area contributed by atoms with Crippen LogP contribution in [0.4, 0.5) is 19.3 Å². The maximum absolute atomic E-state index is 13.5. The zero-order chi connectivity index (χ0) is 14.7. The molecule has 2 amide bonds. The van der Waals surface area contributed by atoms with Crippen LogP contribution < -0.4 is 5.32 Å². The maximum Gasteiger partial charge on any atom is 0.322 e. The van der Waals surface area contributed by atoms with Crippen molar-refractivity contribution in [2.75, 3.05) is 31.5 Å². The molecule has 1 aliphatic rings. The molecule has 0 atom stereocenters. The van der Waals surface area contributed by atoms with Gasteiger partial charge in [0.15, 0.2) is 0 Å². The third kappa shape index (κ3) is 3.45. The van der Waals surface area contributed by atoms with Crippen molar-refractivity contribution in [3.05, 3.63) is 29.8 Å². The van der Waals surface area contributed by atoms with E-state index in [2.05, 4.69) is 24.1 Å². The lowest BCUT2D eigenvalue weighted by atomic mass is 10.2. The molecule has 0 spiro atoms. The van der Waals surface area contributed by atoms with Gasteiger partial charge in [0.2, 0.25) is 0 Å².